The molecule has 0 fully saturated rings. The van der Waals surface area contributed by atoms with Gasteiger partial charge in [-0.25, -0.2) is 0 Å². The maximum atomic E-state index is 12.0. The minimum absolute atomic E-state index is 0. The first-order valence-electron chi connectivity index (χ1n) is 5.08. The van der Waals surface area contributed by atoms with Crippen LogP contribution in [0, 0.1) is 0 Å². The number of hydrogen-bond acceptors (Lipinski definition) is 2. The second-order valence-electron chi connectivity index (χ2n) is 3.20. The standard InChI is InChI=1S/C11H15F2N3O.HI/c1-14-11(15-2)16-7-8-4-3-5-9(6-8)17-10(12)13;/h3-6,10H,7H2,1-2H3,(H2,14,15,16);1H. The van der Waals surface area contributed by atoms with Gasteiger partial charge in [0.25, 0.3) is 0 Å². The van der Waals surface area contributed by atoms with Crippen LogP contribution in [0.3, 0.4) is 0 Å². The Labute approximate surface area is 122 Å². The Balaban J connectivity index is 0.00000289. The quantitative estimate of drug-likeness (QED) is 0.485. The van der Waals surface area contributed by atoms with E-state index in [0.29, 0.717) is 12.5 Å². The second-order valence-corrected chi connectivity index (χ2v) is 3.20. The molecule has 0 unspecified atom stereocenters. The number of aliphatic imine (C=N–C) groups is 1. The summed E-state index contributed by atoms with van der Waals surface area (Å²) in [6, 6.07) is 6.52. The Bertz CT molecular complexity index is 388. The highest BCUT2D eigenvalue weighted by Crippen LogP contribution is 2.15. The van der Waals surface area contributed by atoms with Gasteiger partial charge in [0.1, 0.15) is 5.75 Å². The van der Waals surface area contributed by atoms with Crippen molar-refractivity contribution in [2.24, 2.45) is 4.99 Å². The lowest BCUT2D eigenvalue weighted by Gasteiger charge is -2.10. The molecule has 0 radical (unpaired) electrons. The number of hydrogen-bond donors (Lipinski definition) is 2. The fourth-order valence-corrected chi connectivity index (χ4v) is 1.30. The SMILES string of the molecule is CN=C(NC)NCc1cccc(OC(F)F)c1.I. The third-order valence-electron chi connectivity index (χ3n) is 2.04. The van der Waals surface area contributed by atoms with Crippen LogP contribution in [0.5, 0.6) is 5.75 Å². The summed E-state index contributed by atoms with van der Waals surface area (Å²) in [5.74, 6) is 0.781. The molecule has 0 saturated heterocycles. The van der Waals surface area contributed by atoms with Crippen molar-refractivity contribution in [3.05, 3.63) is 29.8 Å². The van der Waals surface area contributed by atoms with Crippen LogP contribution in [0.25, 0.3) is 0 Å². The molecular weight excluding hydrogens is 355 g/mol. The summed E-state index contributed by atoms with van der Waals surface area (Å²) in [7, 11) is 3.39. The molecule has 1 aromatic carbocycles. The van der Waals surface area contributed by atoms with Crippen LogP contribution in [-0.2, 0) is 6.54 Å². The number of guanidine groups is 1. The number of halogens is 3. The first-order chi connectivity index (χ1) is 8.15. The van der Waals surface area contributed by atoms with Crippen LogP contribution in [0.2, 0.25) is 0 Å². The van der Waals surface area contributed by atoms with E-state index in [1.807, 2.05) is 6.07 Å². The lowest BCUT2D eigenvalue weighted by molar-refractivity contribution is -0.0498. The van der Waals surface area contributed by atoms with Crippen molar-refractivity contribution in [3.8, 4) is 5.75 Å². The molecule has 0 atom stereocenters. The van der Waals surface area contributed by atoms with Crippen molar-refractivity contribution in [2.75, 3.05) is 14.1 Å². The zero-order chi connectivity index (χ0) is 12.7. The lowest BCUT2D eigenvalue weighted by atomic mass is 10.2. The van der Waals surface area contributed by atoms with Crippen LogP contribution >= 0.6 is 24.0 Å². The summed E-state index contributed by atoms with van der Waals surface area (Å²) in [6.45, 7) is -2.32. The van der Waals surface area contributed by atoms with Gasteiger partial charge in [-0.2, -0.15) is 8.78 Å². The Morgan fingerprint density at radius 1 is 1.44 bits per heavy atom. The van der Waals surface area contributed by atoms with E-state index >= 15 is 0 Å². The van der Waals surface area contributed by atoms with Gasteiger partial charge in [0, 0.05) is 20.6 Å². The molecular formula is C11H16F2IN3O. The molecule has 0 saturated carbocycles. The van der Waals surface area contributed by atoms with Crippen LogP contribution in [0.1, 0.15) is 5.56 Å². The van der Waals surface area contributed by atoms with Crippen molar-refractivity contribution in [3.63, 3.8) is 0 Å². The molecule has 0 bridgehead atoms. The molecule has 0 heterocycles. The molecule has 1 aromatic rings. The minimum atomic E-state index is -2.80. The van der Waals surface area contributed by atoms with Crippen molar-refractivity contribution in [1.29, 1.82) is 0 Å². The van der Waals surface area contributed by atoms with E-state index in [0.717, 1.165) is 5.56 Å². The van der Waals surface area contributed by atoms with Crippen LogP contribution in [0.15, 0.2) is 29.3 Å². The molecule has 0 aliphatic heterocycles. The molecule has 102 valence electrons. The third kappa shape index (κ3) is 5.99. The maximum Gasteiger partial charge on any atom is 0.387 e. The normalized spacial score (nSPS) is 10.8. The molecule has 2 N–H and O–H groups in total. The molecule has 1 rings (SSSR count). The summed E-state index contributed by atoms with van der Waals surface area (Å²) >= 11 is 0. The molecule has 0 spiro atoms. The number of rotatable bonds is 4. The fourth-order valence-electron chi connectivity index (χ4n) is 1.30. The van der Waals surface area contributed by atoms with Crippen molar-refractivity contribution in [1.82, 2.24) is 10.6 Å². The first-order valence-corrected chi connectivity index (χ1v) is 5.08. The highest BCUT2D eigenvalue weighted by atomic mass is 127. The molecule has 4 nitrogen and oxygen atoms in total. The van der Waals surface area contributed by atoms with Crippen LogP contribution < -0.4 is 15.4 Å². The highest BCUT2D eigenvalue weighted by Gasteiger charge is 2.04. The second kappa shape index (κ2) is 8.90. The Morgan fingerprint density at radius 3 is 2.72 bits per heavy atom. The summed E-state index contributed by atoms with van der Waals surface area (Å²) in [6.07, 6.45) is 0. The predicted octanol–water partition coefficient (Wildman–Crippen LogP) is 2.20. The number of alkyl halides is 2. The average molecular weight is 371 g/mol. The molecule has 0 aliphatic carbocycles. The van der Waals surface area contributed by atoms with Gasteiger partial charge in [0.15, 0.2) is 5.96 Å². The molecule has 0 aromatic heterocycles. The van der Waals surface area contributed by atoms with E-state index in [4.69, 9.17) is 0 Å². The predicted molar refractivity (Wildman–Crippen MR) is 77.7 cm³/mol. The van der Waals surface area contributed by atoms with Gasteiger partial charge in [-0.15, -0.1) is 24.0 Å². The third-order valence-corrected chi connectivity index (χ3v) is 2.04. The van der Waals surface area contributed by atoms with E-state index in [1.54, 1.807) is 26.2 Å². The highest BCUT2D eigenvalue weighted by molar-refractivity contribution is 14.0. The van der Waals surface area contributed by atoms with Gasteiger partial charge in [-0.05, 0) is 17.7 Å². The van der Waals surface area contributed by atoms with Crippen molar-refractivity contribution >= 4 is 29.9 Å². The van der Waals surface area contributed by atoms with E-state index in [9.17, 15) is 8.78 Å². The Hall–Kier alpha value is -1.12. The molecule has 0 amide bonds. The minimum Gasteiger partial charge on any atom is -0.435 e. The van der Waals surface area contributed by atoms with Crippen molar-refractivity contribution < 1.29 is 13.5 Å². The molecule has 18 heavy (non-hydrogen) atoms. The summed E-state index contributed by atoms with van der Waals surface area (Å²) in [5, 5.41) is 5.87. The number of nitrogens with one attached hydrogen (secondary N) is 2. The summed E-state index contributed by atoms with van der Waals surface area (Å²) in [5.41, 5.74) is 0.833. The topological polar surface area (TPSA) is 45.7 Å². The number of ether oxygens (including phenoxy) is 1. The zero-order valence-electron chi connectivity index (χ0n) is 10.1. The summed E-state index contributed by atoms with van der Waals surface area (Å²) in [4.78, 5) is 3.94. The van der Waals surface area contributed by atoms with E-state index in [1.165, 1.54) is 6.07 Å². The van der Waals surface area contributed by atoms with E-state index in [-0.39, 0.29) is 29.7 Å². The van der Waals surface area contributed by atoms with Gasteiger partial charge in [0.2, 0.25) is 0 Å². The van der Waals surface area contributed by atoms with Gasteiger partial charge >= 0.3 is 6.61 Å². The van der Waals surface area contributed by atoms with Crippen LogP contribution in [0.4, 0.5) is 8.78 Å². The Morgan fingerprint density at radius 2 is 2.17 bits per heavy atom. The number of nitrogens with zero attached hydrogens (tertiary/aromatic N) is 1. The first kappa shape index (κ1) is 16.9. The van der Waals surface area contributed by atoms with Gasteiger partial charge in [0.05, 0.1) is 0 Å². The summed E-state index contributed by atoms with van der Waals surface area (Å²) < 4.78 is 28.3. The van der Waals surface area contributed by atoms with E-state index in [2.05, 4.69) is 20.4 Å². The van der Waals surface area contributed by atoms with Gasteiger partial charge < -0.3 is 15.4 Å². The van der Waals surface area contributed by atoms with Crippen LogP contribution in [-0.4, -0.2) is 26.7 Å². The van der Waals surface area contributed by atoms with Gasteiger partial charge in [-0.1, -0.05) is 12.1 Å². The van der Waals surface area contributed by atoms with E-state index < -0.39 is 6.61 Å². The Kier molecular flexibility index (Phi) is 8.34. The monoisotopic (exact) mass is 371 g/mol. The molecule has 7 heteroatoms. The fraction of sp³-hybridized carbons (Fsp3) is 0.364. The van der Waals surface area contributed by atoms with Gasteiger partial charge in [-0.3, -0.25) is 4.99 Å². The molecule has 0 aliphatic rings. The van der Waals surface area contributed by atoms with Crippen molar-refractivity contribution in [2.45, 2.75) is 13.2 Å². The smallest absolute Gasteiger partial charge is 0.387 e. The number of benzene rings is 1. The lowest BCUT2D eigenvalue weighted by Crippen LogP contribution is -2.34. The maximum absolute atomic E-state index is 12.0. The average Bonchev–Trinajstić information content (AvgIpc) is 2.30. The zero-order valence-corrected chi connectivity index (χ0v) is 12.4. The largest absolute Gasteiger partial charge is 0.435 e.